The van der Waals surface area contributed by atoms with Crippen molar-refractivity contribution in [3.8, 4) is 0 Å². The van der Waals surface area contributed by atoms with Crippen molar-refractivity contribution in [3.63, 3.8) is 0 Å². The number of benzene rings is 2. The van der Waals surface area contributed by atoms with Gasteiger partial charge in [0.25, 0.3) is 0 Å². The summed E-state index contributed by atoms with van der Waals surface area (Å²) < 4.78 is 13.9. The number of piperazine rings is 1. The maximum absolute atomic E-state index is 13.9. The average Bonchev–Trinajstić information content (AvgIpc) is 2.63. The van der Waals surface area contributed by atoms with Gasteiger partial charge in [-0.2, -0.15) is 0 Å². The molecule has 2 aromatic rings. The molecule has 4 nitrogen and oxygen atoms in total. The molecule has 0 unspecified atom stereocenters. The largest absolute Gasteiger partial charge is 0.399 e. The molecule has 1 amide bonds. The van der Waals surface area contributed by atoms with E-state index in [9.17, 15) is 9.18 Å². The standard InChI is InChI=1S/C19H22FN3OS/c1-14(25-16-8-6-15(21)7-9-16)19(24)23-12-10-22(11-13-23)18-5-3-2-4-17(18)20/h2-9,14H,10-13,21H2,1H3/t14-/m1/s1. The molecule has 1 saturated heterocycles. The van der Waals surface area contributed by atoms with E-state index in [0.29, 0.717) is 37.6 Å². The second-order valence-electron chi connectivity index (χ2n) is 6.09. The number of hydrogen-bond acceptors (Lipinski definition) is 4. The van der Waals surface area contributed by atoms with Gasteiger partial charge in [0.1, 0.15) is 5.82 Å². The lowest BCUT2D eigenvalue weighted by atomic mass is 10.2. The molecule has 0 saturated carbocycles. The molecule has 2 N–H and O–H groups in total. The molecule has 132 valence electrons. The number of hydrogen-bond donors (Lipinski definition) is 1. The van der Waals surface area contributed by atoms with Crippen molar-refractivity contribution in [1.29, 1.82) is 0 Å². The van der Waals surface area contributed by atoms with Crippen LogP contribution in [-0.4, -0.2) is 42.2 Å². The number of carbonyl (C=O) groups is 1. The van der Waals surface area contributed by atoms with Gasteiger partial charge in [-0.3, -0.25) is 4.79 Å². The summed E-state index contributed by atoms with van der Waals surface area (Å²) in [6.45, 7) is 4.43. The minimum Gasteiger partial charge on any atom is -0.399 e. The predicted octanol–water partition coefficient (Wildman–Crippen LogP) is 3.24. The van der Waals surface area contributed by atoms with E-state index >= 15 is 0 Å². The summed E-state index contributed by atoms with van der Waals surface area (Å²) in [6, 6.07) is 14.3. The van der Waals surface area contributed by atoms with Crippen molar-refractivity contribution in [2.45, 2.75) is 17.1 Å². The van der Waals surface area contributed by atoms with Gasteiger partial charge in [-0.1, -0.05) is 12.1 Å². The van der Waals surface area contributed by atoms with Crippen LogP contribution < -0.4 is 10.6 Å². The zero-order valence-corrected chi connectivity index (χ0v) is 15.0. The maximum atomic E-state index is 13.9. The summed E-state index contributed by atoms with van der Waals surface area (Å²) in [5.41, 5.74) is 7.02. The zero-order chi connectivity index (χ0) is 17.8. The molecule has 1 aliphatic heterocycles. The van der Waals surface area contributed by atoms with Gasteiger partial charge in [-0.25, -0.2) is 4.39 Å². The van der Waals surface area contributed by atoms with Crippen LogP contribution >= 0.6 is 11.8 Å². The second-order valence-corrected chi connectivity index (χ2v) is 7.51. The molecule has 6 heteroatoms. The molecule has 25 heavy (non-hydrogen) atoms. The minimum absolute atomic E-state index is 0.120. The smallest absolute Gasteiger partial charge is 0.235 e. The van der Waals surface area contributed by atoms with Crippen LogP contribution in [0.4, 0.5) is 15.8 Å². The van der Waals surface area contributed by atoms with Gasteiger partial charge in [0.15, 0.2) is 0 Å². The first-order valence-corrected chi connectivity index (χ1v) is 9.23. The molecular formula is C19H22FN3OS. The summed E-state index contributed by atoms with van der Waals surface area (Å²) in [4.78, 5) is 17.6. The Kier molecular flexibility index (Phi) is 5.48. The van der Waals surface area contributed by atoms with Gasteiger partial charge in [-0.15, -0.1) is 11.8 Å². The van der Waals surface area contributed by atoms with Crippen molar-refractivity contribution in [3.05, 3.63) is 54.3 Å². The van der Waals surface area contributed by atoms with E-state index in [-0.39, 0.29) is 17.0 Å². The average molecular weight is 359 g/mol. The highest BCUT2D eigenvalue weighted by Crippen LogP contribution is 2.26. The number of thioether (sulfide) groups is 1. The number of amides is 1. The van der Waals surface area contributed by atoms with Gasteiger partial charge in [0.05, 0.1) is 10.9 Å². The highest BCUT2D eigenvalue weighted by molar-refractivity contribution is 8.00. The Morgan fingerprint density at radius 2 is 1.72 bits per heavy atom. The lowest BCUT2D eigenvalue weighted by Gasteiger charge is -2.37. The van der Waals surface area contributed by atoms with Crippen LogP contribution in [0.15, 0.2) is 53.4 Å². The molecule has 1 atom stereocenters. The van der Waals surface area contributed by atoms with E-state index in [1.54, 1.807) is 12.1 Å². The normalized spacial score (nSPS) is 15.9. The molecule has 0 aliphatic carbocycles. The third-order valence-electron chi connectivity index (χ3n) is 4.33. The molecule has 0 spiro atoms. The number of carbonyl (C=O) groups excluding carboxylic acids is 1. The number of halogens is 1. The molecule has 0 aromatic heterocycles. The van der Waals surface area contributed by atoms with Crippen LogP contribution in [0.3, 0.4) is 0 Å². The fraction of sp³-hybridized carbons (Fsp3) is 0.316. The number of rotatable bonds is 4. The van der Waals surface area contributed by atoms with E-state index in [4.69, 9.17) is 5.73 Å². The second kappa shape index (κ2) is 7.78. The van der Waals surface area contributed by atoms with Crippen molar-refractivity contribution < 1.29 is 9.18 Å². The van der Waals surface area contributed by atoms with Crippen LogP contribution in [0.2, 0.25) is 0 Å². The van der Waals surface area contributed by atoms with E-state index in [2.05, 4.69) is 0 Å². The zero-order valence-electron chi connectivity index (χ0n) is 14.2. The quantitative estimate of drug-likeness (QED) is 0.673. The predicted molar refractivity (Wildman–Crippen MR) is 101 cm³/mol. The fourth-order valence-electron chi connectivity index (χ4n) is 2.93. The van der Waals surface area contributed by atoms with E-state index in [1.807, 2.05) is 47.1 Å². The molecule has 0 bridgehead atoms. The SMILES string of the molecule is C[C@@H](Sc1ccc(N)cc1)C(=O)N1CCN(c2ccccc2F)CC1. The van der Waals surface area contributed by atoms with Crippen LogP contribution in [-0.2, 0) is 4.79 Å². The molecule has 2 aromatic carbocycles. The van der Waals surface area contributed by atoms with Crippen LogP contribution in [0, 0.1) is 5.82 Å². The summed E-state index contributed by atoms with van der Waals surface area (Å²) in [5.74, 6) is -0.0930. The molecule has 0 radical (unpaired) electrons. The topological polar surface area (TPSA) is 49.6 Å². The van der Waals surface area contributed by atoms with Gasteiger partial charge in [0, 0.05) is 36.8 Å². The van der Waals surface area contributed by atoms with Crippen molar-refractivity contribution in [2.24, 2.45) is 0 Å². The van der Waals surface area contributed by atoms with Gasteiger partial charge in [-0.05, 0) is 43.3 Å². The Morgan fingerprint density at radius 1 is 1.08 bits per heavy atom. The van der Waals surface area contributed by atoms with Gasteiger partial charge in [0.2, 0.25) is 5.91 Å². The highest BCUT2D eigenvalue weighted by atomic mass is 32.2. The van der Waals surface area contributed by atoms with Crippen molar-refractivity contribution in [2.75, 3.05) is 36.8 Å². The fourth-order valence-corrected chi connectivity index (χ4v) is 3.89. The van der Waals surface area contributed by atoms with E-state index in [0.717, 1.165) is 4.90 Å². The number of para-hydroxylation sites is 1. The highest BCUT2D eigenvalue weighted by Gasteiger charge is 2.26. The van der Waals surface area contributed by atoms with Crippen LogP contribution in [0.25, 0.3) is 0 Å². The Hall–Kier alpha value is -2.21. The summed E-state index contributed by atoms with van der Waals surface area (Å²) in [7, 11) is 0. The molecule has 3 rings (SSSR count). The Morgan fingerprint density at radius 3 is 2.36 bits per heavy atom. The first-order valence-electron chi connectivity index (χ1n) is 8.35. The monoisotopic (exact) mass is 359 g/mol. The lowest BCUT2D eigenvalue weighted by molar-refractivity contribution is -0.130. The number of nitrogens with zero attached hydrogens (tertiary/aromatic N) is 2. The first kappa shape index (κ1) is 17.6. The number of anilines is 2. The molecule has 1 fully saturated rings. The Bertz CT molecular complexity index is 730. The van der Waals surface area contributed by atoms with Crippen molar-refractivity contribution >= 4 is 29.0 Å². The van der Waals surface area contributed by atoms with Crippen molar-refractivity contribution in [1.82, 2.24) is 4.90 Å². The molecule has 1 heterocycles. The molecule has 1 aliphatic rings. The lowest BCUT2D eigenvalue weighted by Crippen LogP contribution is -2.50. The minimum atomic E-state index is -0.213. The third-order valence-corrected chi connectivity index (χ3v) is 5.42. The summed E-state index contributed by atoms with van der Waals surface area (Å²) in [6.07, 6.45) is 0. The molecular weight excluding hydrogens is 337 g/mol. The van der Waals surface area contributed by atoms with Gasteiger partial charge < -0.3 is 15.5 Å². The number of nitrogen functional groups attached to an aromatic ring is 1. The Balaban J connectivity index is 1.56. The summed E-state index contributed by atoms with van der Waals surface area (Å²) in [5, 5.41) is -0.163. The number of nitrogens with two attached hydrogens (primary N) is 1. The van der Waals surface area contributed by atoms with Gasteiger partial charge >= 0.3 is 0 Å². The van der Waals surface area contributed by atoms with E-state index < -0.39 is 0 Å². The first-order chi connectivity index (χ1) is 12.0. The van der Waals surface area contributed by atoms with Crippen LogP contribution in [0.5, 0.6) is 0 Å². The third kappa shape index (κ3) is 4.25. The summed E-state index contributed by atoms with van der Waals surface area (Å²) >= 11 is 1.53. The van der Waals surface area contributed by atoms with Crippen LogP contribution in [0.1, 0.15) is 6.92 Å². The maximum Gasteiger partial charge on any atom is 0.235 e. The van der Waals surface area contributed by atoms with E-state index in [1.165, 1.54) is 17.8 Å². The Labute approximate surface area is 151 Å².